The number of carbonyl (C=O) groups is 1. The van der Waals surface area contributed by atoms with E-state index in [1.54, 1.807) is 29.5 Å². The summed E-state index contributed by atoms with van der Waals surface area (Å²) in [6.45, 7) is 3.93. The maximum absolute atomic E-state index is 12.7. The van der Waals surface area contributed by atoms with Crippen LogP contribution < -0.4 is 0 Å². The van der Waals surface area contributed by atoms with Crippen LogP contribution in [-0.4, -0.2) is 58.6 Å². The second kappa shape index (κ2) is 9.26. The van der Waals surface area contributed by atoms with Gasteiger partial charge in [0, 0.05) is 32.6 Å². The predicted octanol–water partition coefficient (Wildman–Crippen LogP) is 4.50. The Hall–Kier alpha value is -1.93. The monoisotopic (exact) mass is 450 g/mol. The van der Waals surface area contributed by atoms with E-state index in [9.17, 15) is 4.79 Å². The number of rotatable bonds is 6. The zero-order chi connectivity index (χ0) is 20.2. The molecule has 0 saturated carbocycles. The average molecular weight is 451 g/mol. The van der Waals surface area contributed by atoms with Crippen molar-refractivity contribution in [2.45, 2.75) is 12.8 Å². The molecule has 1 aliphatic heterocycles. The van der Waals surface area contributed by atoms with Crippen LogP contribution in [-0.2, 0) is 6.42 Å². The molecule has 0 unspecified atom stereocenters. The number of hydrogen-bond donors (Lipinski definition) is 0. The van der Waals surface area contributed by atoms with E-state index in [4.69, 9.17) is 27.7 Å². The largest absolute Gasteiger partial charge is 0.339 e. The molecule has 0 spiro atoms. The SMILES string of the molecule is O=C(c1cccc(Cl)c1Cl)N1CCN(CCCc2nc(-c3cccs3)no2)CC1. The molecule has 9 heteroatoms. The van der Waals surface area contributed by atoms with Crippen LogP contribution in [0.15, 0.2) is 40.2 Å². The van der Waals surface area contributed by atoms with Crippen LogP contribution in [0.25, 0.3) is 10.7 Å². The molecule has 29 heavy (non-hydrogen) atoms. The van der Waals surface area contributed by atoms with Gasteiger partial charge in [-0.05, 0) is 36.5 Å². The number of benzene rings is 1. The summed E-state index contributed by atoms with van der Waals surface area (Å²) in [7, 11) is 0. The van der Waals surface area contributed by atoms with Gasteiger partial charge in [-0.1, -0.05) is 40.5 Å². The number of halogens is 2. The van der Waals surface area contributed by atoms with Crippen molar-refractivity contribution in [3.05, 3.63) is 57.2 Å². The zero-order valence-corrected chi connectivity index (χ0v) is 18.0. The van der Waals surface area contributed by atoms with Gasteiger partial charge in [0.1, 0.15) is 0 Å². The summed E-state index contributed by atoms with van der Waals surface area (Å²) in [5.74, 6) is 1.25. The second-order valence-corrected chi connectivity index (χ2v) is 8.56. The van der Waals surface area contributed by atoms with Crippen LogP contribution in [0, 0.1) is 0 Å². The Morgan fingerprint density at radius 3 is 2.72 bits per heavy atom. The van der Waals surface area contributed by atoms with Gasteiger partial charge in [0.15, 0.2) is 0 Å². The number of aryl methyl sites for hydroxylation is 1. The molecule has 0 aliphatic carbocycles. The number of amides is 1. The predicted molar refractivity (Wildman–Crippen MR) is 115 cm³/mol. The molecular formula is C20H20Cl2N4O2S. The lowest BCUT2D eigenvalue weighted by molar-refractivity contribution is 0.0635. The molecule has 0 N–H and O–H groups in total. The van der Waals surface area contributed by atoms with Gasteiger partial charge in [-0.2, -0.15) is 4.98 Å². The van der Waals surface area contributed by atoms with Gasteiger partial charge in [0.2, 0.25) is 11.7 Å². The number of nitrogens with zero attached hydrogens (tertiary/aromatic N) is 4. The Labute approximate surface area is 183 Å². The first-order chi connectivity index (χ1) is 14.1. The van der Waals surface area contributed by atoms with Gasteiger partial charge in [-0.25, -0.2) is 0 Å². The molecule has 3 heterocycles. The maximum atomic E-state index is 12.7. The third-order valence-corrected chi connectivity index (χ3v) is 6.60. The minimum Gasteiger partial charge on any atom is -0.339 e. The third kappa shape index (κ3) is 4.80. The van der Waals surface area contributed by atoms with Crippen LogP contribution in [0.2, 0.25) is 10.0 Å². The quantitative estimate of drug-likeness (QED) is 0.553. The molecule has 1 fully saturated rings. The number of piperazine rings is 1. The Morgan fingerprint density at radius 2 is 1.97 bits per heavy atom. The summed E-state index contributed by atoms with van der Waals surface area (Å²) in [6, 6.07) is 9.11. The summed E-state index contributed by atoms with van der Waals surface area (Å²) in [4.78, 5) is 22.4. The second-order valence-electron chi connectivity index (χ2n) is 6.83. The molecule has 0 bridgehead atoms. The van der Waals surface area contributed by atoms with Gasteiger partial charge in [0.05, 0.1) is 20.5 Å². The zero-order valence-electron chi connectivity index (χ0n) is 15.7. The molecule has 3 aromatic rings. The van der Waals surface area contributed by atoms with E-state index in [1.807, 2.05) is 22.4 Å². The van der Waals surface area contributed by atoms with Crippen molar-refractivity contribution >= 4 is 40.4 Å². The summed E-state index contributed by atoms with van der Waals surface area (Å²) in [5, 5.41) is 6.76. The Morgan fingerprint density at radius 1 is 1.14 bits per heavy atom. The molecule has 4 rings (SSSR count). The third-order valence-electron chi connectivity index (χ3n) is 4.92. The Kier molecular flexibility index (Phi) is 6.50. The Balaban J connectivity index is 1.23. The van der Waals surface area contributed by atoms with E-state index in [1.165, 1.54) is 0 Å². The van der Waals surface area contributed by atoms with Crippen LogP contribution in [0.4, 0.5) is 0 Å². The highest BCUT2D eigenvalue weighted by Crippen LogP contribution is 2.27. The summed E-state index contributed by atoms with van der Waals surface area (Å²) in [6.07, 6.45) is 1.68. The first-order valence-electron chi connectivity index (χ1n) is 9.44. The van der Waals surface area contributed by atoms with Gasteiger partial charge >= 0.3 is 0 Å². The summed E-state index contributed by atoms with van der Waals surface area (Å²) >= 11 is 13.8. The lowest BCUT2D eigenvalue weighted by Crippen LogP contribution is -2.48. The van der Waals surface area contributed by atoms with Crippen molar-refractivity contribution < 1.29 is 9.32 Å². The number of thiophene rings is 1. The van der Waals surface area contributed by atoms with Crippen molar-refractivity contribution in [2.24, 2.45) is 0 Å². The standard InChI is InChI=1S/C20H20Cl2N4O2S/c21-15-5-1-4-14(18(15)22)20(27)26-11-9-25(10-12-26)8-2-7-17-23-19(24-28-17)16-6-3-13-29-16/h1,3-6,13H,2,7-12H2. The number of carbonyl (C=O) groups excluding carboxylic acids is 1. The number of hydrogen-bond acceptors (Lipinski definition) is 6. The molecule has 1 aromatic carbocycles. The molecular weight excluding hydrogens is 431 g/mol. The van der Waals surface area contributed by atoms with Gasteiger partial charge < -0.3 is 9.42 Å². The van der Waals surface area contributed by atoms with Crippen LogP contribution in [0.1, 0.15) is 22.7 Å². The lowest BCUT2D eigenvalue weighted by atomic mass is 10.1. The molecule has 2 aromatic heterocycles. The summed E-state index contributed by atoms with van der Waals surface area (Å²) in [5.41, 5.74) is 0.463. The van der Waals surface area contributed by atoms with E-state index in [-0.39, 0.29) is 5.91 Å². The molecule has 6 nitrogen and oxygen atoms in total. The normalized spacial score (nSPS) is 15.0. The van der Waals surface area contributed by atoms with Crippen molar-refractivity contribution in [3.8, 4) is 10.7 Å². The van der Waals surface area contributed by atoms with Crippen molar-refractivity contribution in [2.75, 3.05) is 32.7 Å². The smallest absolute Gasteiger partial charge is 0.255 e. The van der Waals surface area contributed by atoms with Crippen molar-refractivity contribution in [1.29, 1.82) is 0 Å². The molecule has 1 aliphatic rings. The molecule has 1 amide bonds. The minimum absolute atomic E-state index is 0.0656. The van der Waals surface area contributed by atoms with Gasteiger partial charge in [-0.3, -0.25) is 9.69 Å². The van der Waals surface area contributed by atoms with Crippen molar-refractivity contribution in [3.63, 3.8) is 0 Å². The lowest BCUT2D eigenvalue weighted by Gasteiger charge is -2.34. The van der Waals surface area contributed by atoms with E-state index in [0.29, 0.717) is 40.4 Å². The van der Waals surface area contributed by atoms with E-state index >= 15 is 0 Å². The minimum atomic E-state index is -0.0656. The molecule has 152 valence electrons. The first kappa shape index (κ1) is 20.3. The van der Waals surface area contributed by atoms with Gasteiger partial charge in [-0.15, -0.1) is 11.3 Å². The topological polar surface area (TPSA) is 62.5 Å². The summed E-state index contributed by atoms with van der Waals surface area (Å²) < 4.78 is 5.35. The molecule has 1 saturated heterocycles. The molecule has 0 atom stereocenters. The van der Waals surface area contributed by atoms with E-state index in [0.717, 1.165) is 37.4 Å². The van der Waals surface area contributed by atoms with Crippen LogP contribution >= 0.6 is 34.5 Å². The van der Waals surface area contributed by atoms with Crippen molar-refractivity contribution in [1.82, 2.24) is 19.9 Å². The fourth-order valence-electron chi connectivity index (χ4n) is 3.33. The van der Waals surface area contributed by atoms with Gasteiger partial charge in [0.25, 0.3) is 5.91 Å². The molecule has 0 radical (unpaired) electrons. The van der Waals surface area contributed by atoms with Crippen LogP contribution in [0.5, 0.6) is 0 Å². The fraction of sp³-hybridized carbons (Fsp3) is 0.350. The first-order valence-corrected chi connectivity index (χ1v) is 11.1. The average Bonchev–Trinajstić information content (AvgIpc) is 3.42. The highest BCUT2D eigenvalue weighted by atomic mass is 35.5. The van der Waals surface area contributed by atoms with E-state index in [2.05, 4.69) is 15.0 Å². The number of aromatic nitrogens is 2. The van der Waals surface area contributed by atoms with Crippen LogP contribution in [0.3, 0.4) is 0 Å². The van der Waals surface area contributed by atoms with E-state index < -0.39 is 0 Å². The highest BCUT2D eigenvalue weighted by Gasteiger charge is 2.24. The fourth-order valence-corrected chi connectivity index (χ4v) is 4.36. The Bertz CT molecular complexity index is 969. The highest BCUT2D eigenvalue weighted by molar-refractivity contribution is 7.13. The maximum Gasteiger partial charge on any atom is 0.255 e.